The van der Waals surface area contributed by atoms with Gasteiger partial charge in [-0.05, 0) is 99.0 Å². The number of aliphatic hydroxyl groups excluding tert-OH is 1. The molecule has 0 saturated heterocycles. The molecule has 25 nitrogen and oxygen atoms in total. The molecule has 2 aromatic carbocycles. The third kappa shape index (κ3) is 25.4. The van der Waals surface area contributed by atoms with Crippen molar-refractivity contribution >= 4 is 59.2 Å². The molecule has 0 unspecified atom stereocenters. The summed E-state index contributed by atoms with van der Waals surface area (Å²) in [6.07, 6.45) is 1.53. The van der Waals surface area contributed by atoms with Crippen LogP contribution in [0.3, 0.4) is 0 Å². The number of benzene rings is 2. The third-order valence-corrected chi connectivity index (χ3v) is 13.8. The van der Waals surface area contributed by atoms with Crippen molar-refractivity contribution in [2.24, 2.45) is 35.0 Å². The monoisotopic (exact) mass is 1140 g/mol. The first kappa shape index (κ1) is 69.9. The number of aliphatic carboxylic acids is 2. The van der Waals surface area contributed by atoms with Gasteiger partial charge in [-0.2, -0.15) is 0 Å². The summed E-state index contributed by atoms with van der Waals surface area (Å²) in [5, 5.41) is 60.5. The molecule has 0 aliphatic heterocycles. The maximum absolute atomic E-state index is 14.6. The smallest absolute Gasteiger partial charge is 0.326 e. The molecule has 8 amide bonds. The van der Waals surface area contributed by atoms with Crippen LogP contribution >= 0.6 is 0 Å². The van der Waals surface area contributed by atoms with Crippen LogP contribution in [0.4, 0.5) is 0 Å². The molecule has 0 aliphatic rings. The molecule has 25 heteroatoms. The highest BCUT2D eigenvalue weighted by molar-refractivity contribution is 5.98. The van der Waals surface area contributed by atoms with E-state index in [1.54, 1.807) is 71.9 Å². The van der Waals surface area contributed by atoms with Gasteiger partial charge in [-0.15, -0.1) is 0 Å². The minimum Gasteiger partial charge on any atom is -0.508 e. The van der Waals surface area contributed by atoms with Gasteiger partial charge in [0.2, 0.25) is 47.3 Å². The largest absolute Gasteiger partial charge is 0.508 e. The van der Waals surface area contributed by atoms with Gasteiger partial charge < -0.3 is 80.2 Å². The Morgan fingerprint density at radius 3 is 1.42 bits per heavy atom. The van der Waals surface area contributed by atoms with Crippen LogP contribution in [-0.4, -0.2) is 154 Å². The van der Waals surface area contributed by atoms with E-state index in [-0.39, 0.29) is 50.3 Å². The second-order valence-electron chi connectivity index (χ2n) is 20.9. The van der Waals surface area contributed by atoms with Crippen molar-refractivity contribution < 1.29 is 68.4 Å². The van der Waals surface area contributed by atoms with Crippen LogP contribution in [0, 0.1) is 17.8 Å². The lowest BCUT2D eigenvalue weighted by Crippen LogP contribution is -2.62. The topological polar surface area (TPSA) is 426 Å². The number of carboxylic acid groups (broad SMARTS) is 2. The molecule has 0 bridgehead atoms. The van der Waals surface area contributed by atoms with Crippen LogP contribution < -0.4 is 59.7 Å². The summed E-state index contributed by atoms with van der Waals surface area (Å²) in [5.74, 6) is -10.9. The van der Waals surface area contributed by atoms with Crippen molar-refractivity contribution in [3.63, 3.8) is 0 Å². The number of carbonyl (C=O) groups excluding carboxylic acids is 8. The van der Waals surface area contributed by atoms with E-state index in [1.165, 1.54) is 24.3 Å². The molecule has 0 aromatic heterocycles. The molecule has 0 fully saturated rings. The third-order valence-electron chi connectivity index (χ3n) is 13.8. The molecule has 2 rings (SSSR count). The van der Waals surface area contributed by atoms with Crippen molar-refractivity contribution in [2.75, 3.05) is 19.7 Å². The van der Waals surface area contributed by atoms with Crippen molar-refractivity contribution in [3.8, 4) is 5.75 Å². The number of carbonyl (C=O) groups is 10. The number of nitrogens with two attached hydrogens (primary N) is 3. The summed E-state index contributed by atoms with van der Waals surface area (Å²) < 4.78 is 0. The van der Waals surface area contributed by atoms with Crippen molar-refractivity contribution in [3.05, 3.63) is 65.7 Å². The number of carboxylic acids is 2. The van der Waals surface area contributed by atoms with E-state index in [4.69, 9.17) is 17.2 Å². The number of aromatic hydroxyl groups is 1. The quantitative estimate of drug-likeness (QED) is 0.0383. The zero-order valence-corrected chi connectivity index (χ0v) is 47.5. The average Bonchev–Trinajstić information content (AvgIpc) is 3.45. The fraction of sp³-hybridized carbons (Fsp3) is 0.607. The van der Waals surface area contributed by atoms with Gasteiger partial charge in [-0.3, -0.25) is 43.2 Å². The first-order chi connectivity index (χ1) is 38.4. The zero-order valence-electron chi connectivity index (χ0n) is 47.5. The van der Waals surface area contributed by atoms with E-state index >= 15 is 0 Å². The first-order valence-electron chi connectivity index (χ1n) is 27.9. The van der Waals surface area contributed by atoms with Gasteiger partial charge in [0, 0.05) is 19.3 Å². The maximum Gasteiger partial charge on any atom is 0.326 e. The van der Waals surface area contributed by atoms with Crippen LogP contribution in [0.15, 0.2) is 54.6 Å². The summed E-state index contributed by atoms with van der Waals surface area (Å²) in [6.45, 7) is 10.0. The van der Waals surface area contributed by atoms with Crippen LogP contribution in [-0.2, 0) is 60.8 Å². The van der Waals surface area contributed by atoms with Crippen molar-refractivity contribution in [1.82, 2.24) is 42.5 Å². The molecule has 0 heterocycles. The standard InChI is InChI=1S/C56H89N11O14/c1-7-33(5)46(55(79)64-42(29-35-16-10-9-11-17-35)52(76)63-43(30-36-20-22-37(69)23-21-36)53(77)67-47(56(80)81)34(6)8-2)66-50(74)39(19-13-15-27-58)60-49(73)40(24-25-45(70)71)61-54(78)44(31-68)65-51(75)41(28-32(3)4)62-48(72)38(59)18-12-14-26-57/h9-11,16-17,20-23,32-34,38-44,46-47,68-69H,7-8,12-15,18-19,24-31,57-59H2,1-6H3,(H,60,73)(H,61,78)(H,62,72)(H,63,76)(H,64,79)(H,65,75)(H,66,74)(H,67,77)(H,70,71)(H,80,81)/t33-,34-,38-,39-,40-,41-,42-,43-,44-,46-,47-/m0/s1. The van der Waals surface area contributed by atoms with E-state index in [2.05, 4.69) is 42.5 Å². The SMILES string of the molecule is CC[C@H](C)[C@H](NC(=O)[C@H](Cc1ccc(O)cc1)NC(=O)[C@H](Cc1ccccc1)NC(=O)[C@@H](NC(=O)[C@H](CCCCN)NC(=O)[C@H](CCC(=O)O)NC(=O)[C@H](CO)NC(=O)[C@H](CC(C)C)NC(=O)[C@@H](N)CCCCN)[C@@H](C)CC)C(=O)O. The van der Waals surface area contributed by atoms with Crippen LogP contribution in [0.1, 0.15) is 123 Å². The Morgan fingerprint density at radius 2 is 0.901 bits per heavy atom. The molecule has 0 saturated carbocycles. The van der Waals surface area contributed by atoms with E-state index in [9.17, 15) is 68.4 Å². The number of aliphatic hydroxyl groups is 1. The molecule has 2 aromatic rings. The fourth-order valence-corrected chi connectivity index (χ4v) is 8.49. The average molecular weight is 1140 g/mol. The Balaban J connectivity index is 2.49. The summed E-state index contributed by atoms with van der Waals surface area (Å²) in [6, 6.07) is 2.05. The van der Waals surface area contributed by atoms with Gasteiger partial charge in [-0.25, -0.2) is 4.79 Å². The Hall–Kier alpha value is -7.22. The van der Waals surface area contributed by atoms with Crippen molar-refractivity contribution in [2.45, 2.75) is 179 Å². The second kappa shape index (κ2) is 36.9. The molecule has 452 valence electrons. The highest BCUT2D eigenvalue weighted by Gasteiger charge is 2.37. The Bertz CT molecular complexity index is 2340. The van der Waals surface area contributed by atoms with Crippen LogP contribution in [0.5, 0.6) is 5.75 Å². The molecule has 11 atom stereocenters. The van der Waals surface area contributed by atoms with E-state index in [0.29, 0.717) is 56.2 Å². The zero-order chi connectivity index (χ0) is 60.8. The molecule has 0 aliphatic carbocycles. The van der Waals surface area contributed by atoms with E-state index in [1.807, 2.05) is 0 Å². The van der Waals surface area contributed by atoms with Gasteiger partial charge >= 0.3 is 11.9 Å². The van der Waals surface area contributed by atoms with E-state index in [0.717, 1.165) is 0 Å². The molecule has 81 heavy (non-hydrogen) atoms. The van der Waals surface area contributed by atoms with Crippen LogP contribution in [0.2, 0.25) is 0 Å². The number of phenolic OH excluding ortho intramolecular Hbond substituents is 1. The molecule has 18 N–H and O–H groups in total. The lowest BCUT2D eigenvalue weighted by Gasteiger charge is -2.30. The number of nitrogens with one attached hydrogen (secondary N) is 8. The Morgan fingerprint density at radius 1 is 0.481 bits per heavy atom. The van der Waals surface area contributed by atoms with Crippen molar-refractivity contribution in [1.29, 1.82) is 0 Å². The maximum atomic E-state index is 14.6. The molecular weight excluding hydrogens is 1050 g/mol. The summed E-state index contributed by atoms with van der Waals surface area (Å²) in [5.41, 5.74) is 18.5. The first-order valence-corrected chi connectivity index (χ1v) is 27.9. The number of unbranched alkanes of at least 4 members (excludes halogenated alkanes) is 2. The highest BCUT2D eigenvalue weighted by Crippen LogP contribution is 2.16. The van der Waals surface area contributed by atoms with Gasteiger partial charge in [0.25, 0.3) is 0 Å². The van der Waals surface area contributed by atoms with Gasteiger partial charge in [0.05, 0.1) is 12.6 Å². The number of rotatable bonds is 39. The highest BCUT2D eigenvalue weighted by atomic mass is 16.4. The van der Waals surface area contributed by atoms with Gasteiger partial charge in [-0.1, -0.05) is 103 Å². The summed E-state index contributed by atoms with van der Waals surface area (Å²) >= 11 is 0. The van der Waals surface area contributed by atoms with Crippen LogP contribution in [0.25, 0.3) is 0 Å². The fourth-order valence-electron chi connectivity index (χ4n) is 8.49. The minimum absolute atomic E-state index is 0.0541. The lowest BCUT2D eigenvalue weighted by atomic mass is 9.96. The lowest BCUT2D eigenvalue weighted by molar-refractivity contribution is -0.144. The number of hydrogen-bond acceptors (Lipinski definition) is 15. The predicted molar refractivity (Wildman–Crippen MR) is 301 cm³/mol. The molecular formula is C56H89N11O14. The summed E-state index contributed by atoms with van der Waals surface area (Å²) in [7, 11) is 0. The number of amides is 8. The Kier molecular flexibility index (Phi) is 31.9. The second-order valence-corrected chi connectivity index (χ2v) is 20.9. The van der Waals surface area contributed by atoms with Gasteiger partial charge in [0.15, 0.2) is 0 Å². The normalized spacial score (nSPS) is 15.3. The van der Waals surface area contributed by atoms with Gasteiger partial charge in [0.1, 0.15) is 54.1 Å². The minimum atomic E-state index is -1.70. The molecule has 0 spiro atoms. The Labute approximate surface area is 474 Å². The molecule has 0 radical (unpaired) electrons. The summed E-state index contributed by atoms with van der Waals surface area (Å²) in [4.78, 5) is 136. The number of phenols is 1. The predicted octanol–water partition coefficient (Wildman–Crippen LogP) is -0.279. The van der Waals surface area contributed by atoms with E-state index < -0.39 is 145 Å². The number of hydrogen-bond donors (Lipinski definition) is 15.